The van der Waals surface area contributed by atoms with Crippen LogP contribution in [0.2, 0.25) is 5.02 Å². The van der Waals surface area contributed by atoms with Gasteiger partial charge in [-0.25, -0.2) is 0 Å². The minimum atomic E-state index is -1.06. The Morgan fingerprint density at radius 3 is 2.67 bits per heavy atom. The van der Waals surface area contributed by atoms with E-state index in [1.807, 2.05) is 31.2 Å². The number of anilines is 1. The minimum Gasteiger partial charge on any atom is -0.507 e. The van der Waals surface area contributed by atoms with Gasteiger partial charge in [-0.15, -0.1) is 10.2 Å². The number of Topliss-reactive ketones (excluding diaryl/α,β-unsaturated/α-hetero) is 1. The maximum absolute atomic E-state index is 13.8. The molecule has 1 saturated heterocycles. The summed E-state index contributed by atoms with van der Waals surface area (Å²) < 4.78 is 23.5. The first-order valence-electron chi connectivity index (χ1n) is 14.3. The third-order valence-electron chi connectivity index (χ3n) is 7.11. The zero-order valence-electron chi connectivity index (χ0n) is 24.6. The van der Waals surface area contributed by atoms with Crippen LogP contribution in [0, 0.1) is 0 Å². The molecular formula is C33H28ClN3O7S2. The Labute approximate surface area is 278 Å². The fourth-order valence-corrected chi connectivity index (χ4v) is 7.19. The highest BCUT2D eigenvalue weighted by atomic mass is 35.5. The van der Waals surface area contributed by atoms with Crippen LogP contribution >= 0.6 is 34.7 Å². The summed E-state index contributed by atoms with van der Waals surface area (Å²) in [7, 11) is 0. The molecule has 0 bridgehead atoms. The molecule has 236 valence electrons. The number of hydrogen-bond donors (Lipinski definition) is 1. The molecular weight excluding hydrogens is 650 g/mol. The minimum absolute atomic E-state index is 0.121. The first kappa shape index (κ1) is 31.5. The summed E-state index contributed by atoms with van der Waals surface area (Å²) in [4.78, 5) is 28.8. The van der Waals surface area contributed by atoms with Crippen LogP contribution in [0.5, 0.6) is 23.0 Å². The lowest BCUT2D eigenvalue weighted by Gasteiger charge is -2.24. The van der Waals surface area contributed by atoms with Crippen LogP contribution in [0.4, 0.5) is 5.13 Å². The second-order valence-electron chi connectivity index (χ2n) is 10.00. The van der Waals surface area contributed by atoms with Crippen LogP contribution in [-0.2, 0) is 15.3 Å². The molecule has 0 aliphatic carbocycles. The van der Waals surface area contributed by atoms with E-state index in [0.717, 1.165) is 16.9 Å². The maximum Gasteiger partial charge on any atom is 0.301 e. The number of ether oxygens (including phenoxy) is 4. The van der Waals surface area contributed by atoms with Gasteiger partial charge in [0.2, 0.25) is 5.13 Å². The summed E-state index contributed by atoms with van der Waals surface area (Å²) in [5.74, 6) is 0.245. The molecule has 1 N–H and O–H groups in total. The molecule has 1 amide bonds. The summed E-state index contributed by atoms with van der Waals surface area (Å²) in [6.07, 6.45) is 1.61. The van der Waals surface area contributed by atoms with Gasteiger partial charge >= 0.3 is 5.91 Å². The van der Waals surface area contributed by atoms with Crippen molar-refractivity contribution in [1.29, 1.82) is 0 Å². The second kappa shape index (κ2) is 13.9. The molecule has 0 unspecified atom stereocenters. The molecule has 0 radical (unpaired) electrons. The molecule has 3 heterocycles. The van der Waals surface area contributed by atoms with Crippen molar-refractivity contribution in [2.45, 2.75) is 23.1 Å². The van der Waals surface area contributed by atoms with Crippen molar-refractivity contribution >= 4 is 57.3 Å². The van der Waals surface area contributed by atoms with E-state index < -0.39 is 17.7 Å². The Morgan fingerprint density at radius 2 is 1.89 bits per heavy atom. The average molecular weight is 678 g/mol. The van der Waals surface area contributed by atoms with Gasteiger partial charge in [-0.05, 0) is 54.4 Å². The molecule has 2 aliphatic heterocycles. The highest BCUT2D eigenvalue weighted by molar-refractivity contribution is 8.00. The Hall–Kier alpha value is -4.52. The molecule has 0 saturated carbocycles. The van der Waals surface area contributed by atoms with Crippen LogP contribution in [0.15, 0.2) is 83.2 Å². The number of rotatable bonds is 11. The maximum atomic E-state index is 13.8. The summed E-state index contributed by atoms with van der Waals surface area (Å²) in [6, 6.07) is 16.4. The monoisotopic (exact) mass is 677 g/mol. The van der Waals surface area contributed by atoms with Gasteiger partial charge in [0.05, 0.1) is 18.2 Å². The van der Waals surface area contributed by atoms with E-state index in [-0.39, 0.29) is 28.6 Å². The van der Waals surface area contributed by atoms with Gasteiger partial charge in [-0.2, -0.15) is 0 Å². The Balaban J connectivity index is 1.43. The third-order valence-corrected chi connectivity index (χ3v) is 9.58. The molecule has 46 heavy (non-hydrogen) atoms. The van der Waals surface area contributed by atoms with Crippen molar-refractivity contribution in [3.63, 3.8) is 0 Å². The van der Waals surface area contributed by atoms with Crippen molar-refractivity contribution in [1.82, 2.24) is 10.2 Å². The molecule has 1 fully saturated rings. The average Bonchev–Trinajstić information content (AvgIpc) is 3.64. The number of nitrogens with zero attached hydrogens (tertiary/aromatic N) is 3. The summed E-state index contributed by atoms with van der Waals surface area (Å²) in [5.41, 5.74) is 1.59. The molecule has 4 aromatic rings. The van der Waals surface area contributed by atoms with Crippen LogP contribution in [0.25, 0.3) is 5.76 Å². The summed E-state index contributed by atoms with van der Waals surface area (Å²) in [6.45, 7) is 6.87. The Bertz CT molecular complexity index is 1840. The van der Waals surface area contributed by atoms with E-state index in [4.69, 9.17) is 30.5 Å². The normalized spacial score (nSPS) is 16.8. The molecule has 1 aromatic heterocycles. The fraction of sp³-hybridized carbons (Fsp3) is 0.212. The predicted octanol–water partition coefficient (Wildman–Crippen LogP) is 6.84. The van der Waals surface area contributed by atoms with E-state index in [1.165, 1.54) is 16.7 Å². The topological polar surface area (TPSA) is 120 Å². The number of aliphatic hydroxyl groups excluding tert-OH is 1. The number of thioether (sulfide) groups is 1. The van der Waals surface area contributed by atoms with Crippen molar-refractivity contribution in [2.75, 3.05) is 31.3 Å². The number of fused-ring (bicyclic) bond motifs is 1. The van der Waals surface area contributed by atoms with Crippen molar-refractivity contribution in [3.8, 4) is 23.0 Å². The molecule has 3 aromatic carbocycles. The van der Waals surface area contributed by atoms with Crippen molar-refractivity contribution < 1.29 is 33.6 Å². The Morgan fingerprint density at radius 1 is 1.09 bits per heavy atom. The van der Waals surface area contributed by atoms with Gasteiger partial charge in [0.1, 0.15) is 25.6 Å². The number of carbonyl (C=O) groups is 2. The molecule has 0 spiro atoms. The van der Waals surface area contributed by atoms with E-state index >= 15 is 0 Å². The highest BCUT2D eigenvalue weighted by Crippen LogP contribution is 2.46. The first-order chi connectivity index (χ1) is 22.4. The van der Waals surface area contributed by atoms with Gasteiger partial charge < -0.3 is 24.1 Å². The lowest BCUT2D eigenvalue weighted by atomic mass is 9.95. The second-order valence-corrected chi connectivity index (χ2v) is 12.6. The molecule has 1 atom stereocenters. The SMILES string of the molecule is C=CCOc1ccc([C@H]2C(=C(O)c3ccc4c(c3)OCCO4)C(=O)C(=O)N2c2nnc(SCc3ccccc3Cl)s2)cc1OCC. The first-order valence-corrected chi connectivity index (χ1v) is 16.5. The number of ketones is 1. The van der Waals surface area contributed by atoms with Crippen molar-refractivity contribution in [3.05, 3.63) is 101 Å². The van der Waals surface area contributed by atoms with Crippen LogP contribution in [0.1, 0.15) is 29.7 Å². The zero-order chi connectivity index (χ0) is 32.2. The predicted molar refractivity (Wildman–Crippen MR) is 176 cm³/mol. The van der Waals surface area contributed by atoms with E-state index in [9.17, 15) is 14.7 Å². The third kappa shape index (κ3) is 6.28. The number of carbonyl (C=O) groups excluding carboxylic acids is 2. The summed E-state index contributed by atoms with van der Waals surface area (Å²) >= 11 is 8.89. The van der Waals surface area contributed by atoms with Crippen molar-refractivity contribution in [2.24, 2.45) is 0 Å². The molecule has 6 rings (SSSR count). The lowest BCUT2D eigenvalue weighted by Crippen LogP contribution is -2.29. The van der Waals surface area contributed by atoms with Gasteiger partial charge in [0.25, 0.3) is 5.78 Å². The number of benzene rings is 3. The number of halogens is 1. The number of amides is 1. The Kier molecular flexibility index (Phi) is 9.48. The number of hydrogen-bond acceptors (Lipinski definition) is 11. The lowest BCUT2D eigenvalue weighted by molar-refractivity contribution is -0.132. The largest absolute Gasteiger partial charge is 0.507 e. The quantitative estimate of drug-likeness (QED) is 0.0451. The molecule has 13 heteroatoms. The number of aliphatic hydroxyl groups is 1. The molecule has 10 nitrogen and oxygen atoms in total. The highest BCUT2D eigenvalue weighted by Gasteiger charge is 2.48. The van der Waals surface area contributed by atoms with Gasteiger partial charge in [-0.3, -0.25) is 14.5 Å². The standard InChI is InChI=1S/C33H28ClN3O7S2/c1-3-13-42-23-11-9-19(16-25(23)41-4-2)28-27(29(38)20-10-12-24-26(17-20)44-15-14-43-24)30(39)31(40)37(28)32-35-36-33(46-32)45-18-21-7-5-6-8-22(21)34/h3,5-12,16-17,28,38H,1,4,13-15,18H2,2H3/t28-/m0/s1. The molecule has 2 aliphatic rings. The smallest absolute Gasteiger partial charge is 0.301 e. The van der Waals surface area contributed by atoms with E-state index in [1.54, 1.807) is 42.5 Å². The summed E-state index contributed by atoms with van der Waals surface area (Å²) in [5, 5.41) is 21.1. The van der Waals surface area contributed by atoms with Gasteiger partial charge in [-0.1, -0.05) is 71.6 Å². The fourth-order valence-electron chi connectivity index (χ4n) is 5.04. The van der Waals surface area contributed by atoms with Crippen LogP contribution in [-0.4, -0.2) is 53.4 Å². The van der Waals surface area contributed by atoms with Gasteiger partial charge in [0.15, 0.2) is 27.3 Å². The van der Waals surface area contributed by atoms with Crippen LogP contribution < -0.4 is 23.8 Å². The van der Waals surface area contributed by atoms with Crippen LogP contribution in [0.3, 0.4) is 0 Å². The van der Waals surface area contributed by atoms with E-state index in [0.29, 0.717) is 63.5 Å². The van der Waals surface area contributed by atoms with E-state index in [2.05, 4.69) is 16.8 Å². The number of aromatic nitrogens is 2. The zero-order valence-corrected chi connectivity index (χ0v) is 27.0. The van der Waals surface area contributed by atoms with Gasteiger partial charge in [0, 0.05) is 16.3 Å².